The van der Waals surface area contributed by atoms with E-state index in [1.165, 1.54) is 0 Å². The summed E-state index contributed by atoms with van der Waals surface area (Å²) in [5.74, 6) is 0.609. The molecule has 1 aromatic carbocycles. The summed E-state index contributed by atoms with van der Waals surface area (Å²) >= 11 is 0. The average Bonchev–Trinajstić information content (AvgIpc) is 2.97. The molecule has 2 aromatic rings. The lowest BCUT2D eigenvalue weighted by molar-refractivity contribution is 0.139. The summed E-state index contributed by atoms with van der Waals surface area (Å²) in [7, 11) is 1.61. The minimum absolute atomic E-state index is 0.406. The fourth-order valence-corrected chi connectivity index (χ4v) is 2.94. The molecule has 5 nitrogen and oxygen atoms in total. The van der Waals surface area contributed by atoms with Crippen LogP contribution in [0.4, 0.5) is 5.69 Å². The Morgan fingerprint density at radius 3 is 2.76 bits per heavy atom. The van der Waals surface area contributed by atoms with E-state index in [-0.39, 0.29) is 0 Å². The number of aliphatic imine (C=N–C) groups is 1. The number of amidine groups is 1. The van der Waals surface area contributed by atoms with Gasteiger partial charge in [0.25, 0.3) is 6.02 Å². The van der Waals surface area contributed by atoms with Gasteiger partial charge in [0.05, 0.1) is 18.5 Å². The maximum absolute atomic E-state index is 6.07. The van der Waals surface area contributed by atoms with Gasteiger partial charge in [0.1, 0.15) is 0 Å². The second kappa shape index (κ2) is 6.09. The molecule has 25 heavy (non-hydrogen) atoms. The molecule has 0 bridgehead atoms. The second-order valence-electron chi connectivity index (χ2n) is 6.22. The van der Waals surface area contributed by atoms with Crippen molar-refractivity contribution in [2.45, 2.75) is 18.9 Å². The molecule has 1 saturated heterocycles. The molecule has 0 spiro atoms. The number of fused-ring (bicyclic) bond motifs is 1. The summed E-state index contributed by atoms with van der Waals surface area (Å²) in [6.45, 7) is 2.07. The molecule has 5 heteroatoms. The zero-order valence-corrected chi connectivity index (χ0v) is 14.2. The molecule has 1 aliphatic heterocycles. The highest BCUT2D eigenvalue weighted by Gasteiger charge is 2.40. The monoisotopic (exact) mass is 333 g/mol. The lowest BCUT2D eigenvalue weighted by Gasteiger charge is -2.25. The fraction of sp³-hybridized carbons (Fsp3) is 0.200. The van der Waals surface area contributed by atoms with Gasteiger partial charge < -0.3 is 14.8 Å². The van der Waals surface area contributed by atoms with Crippen LogP contribution in [0.25, 0.3) is 5.57 Å². The van der Waals surface area contributed by atoms with Crippen LogP contribution in [0.15, 0.2) is 71.5 Å². The molecule has 1 N–H and O–H groups in total. The first-order valence-electron chi connectivity index (χ1n) is 8.19. The number of benzene rings is 1. The highest BCUT2D eigenvalue weighted by Crippen LogP contribution is 2.37. The maximum Gasteiger partial charge on any atom is 0.295 e. The van der Waals surface area contributed by atoms with E-state index < -0.39 is 5.60 Å². The predicted molar refractivity (Wildman–Crippen MR) is 97.6 cm³/mol. The summed E-state index contributed by atoms with van der Waals surface area (Å²) < 4.78 is 11.2. The number of para-hydroxylation sites is 1. The minimum Gasteiger partial charge on any atom is -0.481 e. The van der Waals surface area contributed by atoms with Crippen LogP contribution >= 0.6 is 0 Å². The molecule has 1 unspecified atom stereocenters. The number of aromatic nitrogens is 1. The van der Waals surface area contributed by atoms with Crippen LogP contribution in [0, 0.1) is 0 Å². The van der Waals surface area contributed by atoms with Crippen LogP contribution in [-0.4, -0.2) is 23.7 Å². The average molecular weight is 333 g/mol. The number of nitrogens with zero attached hydrogens (tertiary/aromatic N) is 2. The third-order valence-corrected chi connectivity index (χ3v) is 4.41. The standard InChI is InChI=1S/C20H19N3O2/c1-20-11-10-14(15-8-9-18(24-2)21-13-15)12-17(20)23-19(25-20)22-16-6-4-3-5-7-16/h3-10,12-13H,11H2,1-2H3,(H,22,23). The number of pyridine rings is 1. The third-order valence-electron chi connectivity index (χ3n) is 4.41. The van der Waals surface area contributed by atoms with Gasteiger partial charge in [-0.15, -0.1) is 0 Å². The van der Waals surface area contributed by atoms with Crippen molar-refractivity contribution in [3.8, 4) is 5.88 Å². The van der Waals surface area contributed by atoms with Crippen LogP contribution in [0.3, 0.4) is 0 Å². The van der Waals surface area contributed by atoms with Crippen molar-refractivity contribution in [1.82, 2.24) is 10.3 Å². The van der Waals surface area contributed by atoms with E-state index in [2.05, 4.69) is 34.4 Å². The fourth-order valence-electron chi connectivity index (χ4n) is 2.94. The molecule has 126 valence electrons. The Balaban J connectivity index is 1.59. The number of methoxy groups -OCH3 is 1. The summed E-state index contributed by atoms with van der Waals surface area (Å²) in [5, 5.41) is 3.31. The van der Waals surface area contributed by atoms with Crippen LogP contribution < -0.4 is 10.1 Å². The molecular formula is C20H19N3O2. The van der Waals surface area contributed by atoms with Crippen LogP contribution in [0.2, 0.25) is 0 Å². The van der Waals surface area contributed by atoms with Gasteiger partial charge in [-0.05, 0) is 36.8 Å². The molecule has 2 heterocycles. The topological polar surface area (TPSA) is 55.7 Å². The van der Waals surface area contributed by atoms with Gasteiger partial charge >= 0.3 is 0 Å². The molecule has 2 aliphatic rings. The van der Waals surface area contributed by atoms with Crippen molar-refractivity contribution >= 4 is 17.3 Å². The molecule has 1 fully saturated rings. The van der Waals surface area contributed by atoms with Gasteiger partial charge in [-0.2, -0.15) is 4.99 Å². The Hall–Kier alpha value is -3.08. The maximum atomic E-state index is 6.07. The summed E-state index contributed by atoms with van der Waals surface area (Å²) in [6.07, 6.45) is 6.85. The molecular weight excluding hydrogens is 314 g/mol. The third kappa shape index (κ3) is 3.01. The van der Waals surface area contributed by atoms with E-state index >= 15 is 0 Å². The molecule has 1 aromatic heterocycles. The highest BCUT2D eigenvalue weighted by molar-refractivity contribution is 5.86. The van der Waals surface area contributed by atoms with Crippen molar-refractivity contribution in [3.63, 3.8) is 0 Å². The van der Waals surface area contributed by atoms with Gasteiger partial charge in [-0.1, -0.05) is 24.3 Å². The van der Waals surface area contributed by atoms with Crippen molar-refractivity contribution in [1.29, 1.82) is 0 Å². The number of allylic oxidation sites excluding steroid dienone is 2. The van der Waals surface area contributed by atoms with E-state index in [0.717, 1.165) is 28.9 Å². The van der Waals surface area contributed by atoms with Crippen molar-refractivity contribution in [2.75, 3.05) is 7.11 Å². The molecule has 1 atom stereocenters. The van der Waals surface area contributed by atoms with E-state index in [9.17, 15) is 0 Å². The van der Waals surface area contributed by atoms with E-state index in [0.29, 0.717) is 11.9 Å². The molecule has 0 saturated carbocycles. The first kappa shape index (κ1) is 15.4. The van der Waals surface area contributed by atoms with Crippen molar-refractivity contribution < 1.29 is 9.47 Å². The van der Waals surface area contributed by atoms with Gasteiger partial charge in [0.2, 0.25) is 5.88 Å². The molecule has 0 amide bonds. The lowest BCUT2D eigenvalue weighted by atomic mass is 9.89. The number of nitrogens with one attached hydrogen (secondary N) is 1. The molecule has 4 rings (SSSR count). The predicted octanol–water partition coefficient (Wildman–Crippen LogP) is 3.83. The Kier molecular flexibility index (Phi) is 3.76. The van der Waals surface area contributed by atoms with Gasteiger partial charge in [0.15, 0.2) is 5.60 Å². The number of hydrogen-bond acceptors (Lipinski definition) is 4. The summed E-state index contributed by atoms with van der Waals surface area (Å²) in [5.41, 5.74) is 3.62. The van der Waals surface area contributed by atoms with Crippen LogP contribution in [-0.2, 0) is 4.74 Å². The number of ether oxygens (including phenoxy) is 2. The Morgan fingerprint density at radius 2 is 2.04 bits per heavy atom. The zero-order valence-electron chi connectivity index (χ0n) is 14.2. The SMILES string of the molecule is COc1ccc(C2=CCC3(C)OC(=Nc4ccccc4)NC3=C2)cn1. The number of rotatable bonds is 3. The molecule has 1 aliphatic carbocycles. The smallest absolute Gasteiger partial charge is 0.295 e. The van der Waals surface area contributed by atoms with Gasteiger partial charge in [-0.3, -0.25) is 0 Å². The first-order chi connectivity index (χ1) is 12.2. The normalized spacial score (nSPS) is 23.2. The zero-order chi connectivity index (χ0) is 17.3. The van der Waals surface area contributed by atoms with Crippen LogP contribution in [0.1, 0.15) is 18.9 Å². The molecule has 0 radical (unpaired) electrons. The Bertz CT molecular complexity index is 870. The Labute approximate surface area is 146 Å². The van der Waals surface area contributed by atoms with Gasteiger partial charge in [0, 0.05) is 24.2 Å². The highest BCUT2D eigenvalue weighted by atomic mass is 16.5. The van der Waals surface area contributed by atoms with Crippen molar-refractivity contribution in [3.05, 3.63) is 72.1 Å². The largest absolute Gasteiger partial charge is 0.481 e. The lowest BCUT2D eigenvalue weighted by Crippen LogP contribution is -2.28. The summed E-state index contributed by atoms with van der Waals surface area (Å²) in [6, 6.07) is 14.2. The quantitative estimate of drug-likeness (QED) is 0.927. The van der Waals surface area contributed by atoms with E-state index in [4.69, 9.17) is 9.47 Å². The van der Waals surface area contributed by atoms with E-state index in [1.54, 1.807) is 7.11 Å². The number of hydrogen-bond donors (Lipinski definition) is 1. The van der Waals surface area contributed by atoms with Crippen molar-refractivity contribution in [2.24, 2.45) is 4.99 Å². The first-order valence-corrected chi connectivity index (χ1v) is 8.19. The van der Waals surface area contributed by atoms with E-state index in [1.807, 2.05) is 48.7 Å². The minimum atomic E-state index is -0.406. The summed E-state index contributed by atoms with van der Waals surface area (Å²) in [4.78, 5) is 8.82. The Morgan fingerprint density at radius 1 is 1.20 bits per heavy atom. The second-order valence-corrected chi connectivity index (χ2v) is 6.22. The van der Waals surface area contributed by atoms with Crippen LogP contribution in [0.5, 0.6) is 5.88 Å². The van der Waals surface area contributed by atoms with Gasteiger partial charge in [-0.25, -0.2) is 4.98 Å².